The molecule has 1 aromatic rings. The van der Waals surface area contributed by atoms with E-state index in [1.54, 1.807) is 0 Å². The van der Waals surface area contributed by atoms with Gasteiger partial charge in [-0.3, -0.25) is 0 Å². The summed E-state index contributed by atoms with van der Waals surface area (Å²) in [6.07, 6.45) is 0.349. The minimum absolute atomic E-state index is 0.0483. The van der Waals surface area contributed by atoms with Gasteiger partial charge < -0.3 is 10.4 Å². The third kappa shape index (κ3) is 2.84. The molecule has 1 aromatic carbocycles. The van der Waals surface area contributed by atoms with Crippen molar-refractivity contribution in [1.29, 1.82) is 0 Å². The Kier molecular flexibility index (Phi) is 4.12. The Bertz CT molecular complexity index is 414. The number of piperidine rings is 1. The Labute approximate surface area is 107 Å². The van der Waals surface area contributed by atoms with Gasteiger partial charge in [0.15, 0.2) is 0 Å². The molecule has 0 amide bonds. The van der Waals surface area contributed by atoms with E-state index >= 15 is 0 Å². The van der Waals surface area contributed by atoms with Crippen molar-refractivity contribution in [2.45, 2.75) is 18.9 Å². The van der Waals surface area contributed by atoms with Crippen LogP contribution in [0.15, 0.2) is 16.6 Å². The second-order valence-corrected chi connectivity index (χ2v) is 5.20. The van der Waals surface area contributed by atoms with E-state index in [-0.39, 0.29) is 22.4 Å². The summed E-state index contributed by atoms with van der Waals surface area (Å²) in [7, 11) is 0. The maximum absolute atomic E-state index is 13.8. The van der Waals surface area contributed by atoms with Crippen molar-refractivity contribution in [2.24, 2.45) is 5.92 Å². The predicted octanol–water partition coefficient (Wildman–Crippen LogP) is 2.24. The van der Waals surface area contributed by atoms with E-state index in [9.17, 15) is 13.9 Å². The van der Waals surface area contributed by atoms with Crippen LogP contribution < -0.4 is 5.32 Å². The highest BCUT2D eigenvalue weighted by Crippen LogP contribution is 2.26. The molecule has 1 saturated heterocycles. The second kappa shape index (κ2) is 5.42. The average Bonchev–Trinajstić information content (AvgIpc) is 2.32. The lowest BCUT2D eigenvalue weighted by atomic mass is 9.89. The fourth-order valence-corrected chi connectivity index (χ4v) is 2.51. The van der Waals surface area contributed by atoms with Crippen molar-refractivity contribution in [3.05, 3.63) is 33.8 Å². The van der Waals surface area contributed by atoms with Gasteiger partial charge in [-0.25, -0.2) is 8.78 Å². The molecule has 0 aromatic heterocycles. The van der Waals surface area contributed by atoms with Crippen LogP contribution in [0.5, 0.6) is 0 Å². The zero-order valence-electron chi connectivity index (χ0n) is 9.22. The quantitative estimate of drug-likeness (QED) is 0.821. The number of halogens is 3. The average molecular weight is 306 g/mol. The number of aliphatic hydroxyl groups excluding tert-OH is 1. The molecule has 5 heteroatoms. The molecule has 94 valence electrons. The first-order valence-electron chi connectivity index (χ1n) is 5.60. The smallest absolute Gasteiger partial charge is 0.143 e. The number of benzene rings is 1. The van der Waals surface area contributed by atoms with E-state index in [1.807, 2.05) is 0 Å². The van der Waals surface area contributed by atoms with Crippen LogP contribution >= 0.6 is 15.9 Å². The molecule has 2 nitrogen and oxygen atoms in total. The topological polar surface area (TPSA) is 32.3 Å². The number of rotatable bonds is 2. The van der Waals surface area contributed by atoms with E-state index in [0.717, 1.165) is 6.54 Å². The zero-order valence-corrected chi connectivity index (χ0v) is 10.8. The summed E-state index contributed by atoms with van der Waals surface area (Å²) in [5.74, 6) is -1.26. The van der Waals surface area contributed by atoms with Crippen LogP contribution in [0.4, 0.5) is 8.78 Å². The van der Waals surface area contributed by atoms with Gasteiger partial charge in [-0.05, 0) is 47.4 Å². The molecule has 1 fully saturated rings. The molecule has 17 heavy (non-hydrogen) atoms. The fourth-order valence-electron chi connectivity index (χ4n) is 2.14. The number of hydrogen-bond acceptors (Lipinski definition) is 2. The summed E-state index contributed by atoms with van der Waals surface area (Å²) in [6, 6.07) is 2.59. The van der Waals surface area contributed by atoms with E-state index < -0.39 is 17.7 Å². The normalized spacial score (nSPS) is 24.9. The van der Waals surface area contributed by atoms with E-state index in [4.69, 9.17) is 0 Å². The Hall–Kier alpha value is -0.520. The highest BCUT2D eigenvalue weighted by atomic mass is 79.9. The predicted molar refractivity (Wildman–Crippen MR) is 64.7 cm³/mol. The molecule has 1 aliphatic heterocycles. The third-order valence-electron chi connectivity index (χ3n) is 3.17. The van der Waals surface area contributed by atoms with Crippen LogP contribution in [0, 0.1) is 17.6 Å². The second-order valence-electron chi connectivity index (χ2n) is 4.35. The summed E-state index contributed by atoms with van der Waals surface area (Å²) in [6.45, 7) is 1.34. The van der Waals surface area contributed by atoms with Crippen LogP contribution in [0.2, 0.25) is 0 Å². The molecule has 0 radical (unpaired) electrons. The lowest BCUT2D eigenvalue weighted by molar-refractivity contribution is 0.0783. The monoisotopic (exact) mass is 305 g/mol. The highest BCUT2D eigenvalue weighted by Gasteiger charge is 2.25. The van der Waals surface area contributed by atoms with Crippen molar-refractivity contribution >= 4 is 15.9 Å². The molecule has 0 bridgehead atoms. The van der Waals surface area contributed by atoms with Crippen molar-refractivity contribution < 1.29 is 13.9 Å². The lowest BCUT2D eigenvalue weighted by Gasteiger charge is -2.28. The van der Waals surface area contributed by atoms with Crippen LogP contribution in [0.25, 0.3) is 0 Å². The SMILES string of the molecule is OC1CCNCC1Cc1c(F)ccc(Br)c1F. The number of aliphatic hydroxyl groups is 1. The van der Waals surface area contributed by atoms with Crippen molar-refractivity contribution in [2.75, 3.05) is 13.1 Å². The summed E-state index contributed by atoms with van der Waals surface area (Å²) >= 11 is 3.04. The minimum atomic E-state index is -0.567. The van der Waals surface area contributed by atoms with Gasteiger partial charge in [-0.15, -0.1) is 0 Å². The van der Waals surface area contributed by atoms with Gasteiger partial charge >= 0.3 is 0 Å². The Morgan fingerprint density at radius 3 is 2.88 bits per heavy atom. The Balaban J connectivity index is 2.20. The highest BCUT2D eigenvalue weighted by molar-refractivity contribution is 9.10. The first-order valence-corrected chi connectivity index (χ1v) is 6.40. The maximum Gasteiger partial charge on any atom is 0.143 e. The minimum Gasteiger partial charge on any atom is -0.393 e. The van der Waals surface area contributed by atoms with E-state index in [0.29, 0.717) is 13.0 Å². The summed E-state index contributed by atoms with van der Waals surface area (Å²) in [5, 5.41) is 12.9. The van der Waals surface area contributed by atoms with E-state index in [1.165, 1.54) is 12.1 Å². The van der Waals surface area contributed by atoms with Gasteiger partial charge in [-0.2, -0.15) is 0 Å². The van der Waals surface area contributed by atoms with Crippen LogP contribution in [-0.4, -0.2) is 24.3 Å². The molecule has 2 unspecified atom stereocenters. The molecule has 2 N–H and O–H groups in total. The maximum atomic E-state index is 13.8. The number of hydrogen-bond donors (Lipinski definition) is 2. The van der Waals surface area contributed by atoms with Crippen LogP contribution in [0.3, 0.4) is 0 Å². The zero-order chi connectivity index (χ0) is 12.4. The van der Waals surface area contributed by atoms with Gasteiger partial charge in [0.2, 0.25) is 0 Å². The Morgan fingerprint density at radius 2 is 2.18 bits per heavy atom. The number of nitrogens with one attached hydrogen (secondary N) is 1. The Morgan fingerprint density at radius 1 is 1.41 bits per heavy atom. The van der Waals surface area contributed by atoms with Crippen molar-refractivity contribution in [3.63, 3.8) is 0 Å². The van der Waals surface area contributed by atoms with Gasteiger partial charge in [0.1, 0.15) is 11.6 Å². The van der Waals surface area contributed by atoms with Crippen LogP contribution in [-0.2, 0) is 6.42 Å². The van der Waals surface area contributed by atoms with Gasteiger partial charge in [-0.1, -0.05) is 0 Å². The van der Waals surface area contributed by atoms with E-state index in [2.05, 4.69) is 21.2 Å². The summed E-state index contributed by atoms with van der Waals surface area (Å²) < 4.78 is 27.6. The lowest BCUT2D eigenvalue weighted by Crippen LogP contribution is -2.41. The molecule has 2 atom stereocenters. The molecule has 2 rings (SSSR count). The third-order valence-corrected chi connectivity index (χ3v) is 3.79. The first kappa shape index (κ1) is 12.9. The van der Waals surface area contributed by atoms with Gasteiger partial charge in [0.05, 0.1) is 10.6 Å². The fraction of sp³-hybridized carbons (Fsp3) is 0.500. The summed E-state index contributed by atoms with van der Waals surface area (Å²) in [5.41, 5.74) is 0.0483. The van der Waals surface area contributed by atoms with Crippen LogP contribution in [0.1, 0.15) is 12.0 Å². The molecule has 0 aliphatic carbocycles. The largest absolute Gasteiger partial charge is 0.393 e. The molecule has 1 heterocycles. The molecule has 0 spiro atoms. The molecular weight excluding hydrogens is 292 g/mol. The first-order chi connectivity index (χ1) is 8.09. The van der Waals surface area contributed by atoms with Gasteiger partial charge in [0.25, 0.3) is 0 Å². The standard InChI is InChI=1S/C12H14BrF2NO/c13-9-1-2-10(14)8(12(9)15)5-7-6-16-4-3-11(7)17/h1-2,7,11,16-17H,3-6H2. The molecule has 0 saturated carbocycles. The van der Waals surface area contributed by atoms with Crippen molar-refractivity contribution in [3.8, 4) is 0 Å². The molecule has 1 aliphatic rings. The summed E-state index contributed by atoms with van der Waals surface area (Å²) in [4.78, 5) is 0. The van der Waals surface area contributed by atoms with Crippen molar-refractivity contribution in [1.82, 2.24) is 5.32 Å². The molecular formula is C12H14BrF2NO. The van der Waals surface area contributed by atoms with Gasteiger partial charge in [0, 0.05) is 18.0 Å².